The van der Waals surface area contributed by atoms with Crippen molar-refractivity contribution >= 4 is 23.9 Å². The molecule has 4 nitrogen and oxygen atoms in total. The van der Waals surface area contributed by atoms with E-state index in [4.69, 9.17) is 16.1 Å². The molecule has 0 fully saturated rings. The standard InChI is InChI=1S/C2N4S2/c3-1-7-6(5)8-2-4. The van der Waals surface area contributed by atoms with Crippen molar-refractivity contribution in [3.05, 3.63) is 5.53 Å². The molecule has 0 aromatic rings. The largest absolute Gasteiger partial charge is 0.474 e. The van der Waals surface area contributed by atoms with Crippen LogP contribution in [0, 0.1) is 21.3 Å². The summed E-state index contributed by atoms with van der Waals surface area (Å²) in [7, 11) is 0. The van der Waals surface area contributed by atoms with E-state index in [0.29, 0.717) is 27.4 Å². The molecule has 0 N–H and O–H groups in total. The Hall–Kier alpha value is -0.720. The fourth-order valence-electron chi connectivity index (χ4n) is 0.0885. The molecule has 0 spiro atoms. The van der Waals surface area contributed by atoms with Gasteiger partial charge >= 0.3 is 0 Å². The second-order valence-corrected chi connectivity index (χ2v) is 2.26. The maximum atomic E-state index is 8.36. The molecule has 0 aliphatic rings. The molecule has 0 bridgehead atoms. The van der Waals surface area contributed by atoms with Gasteiger partial charge in [0.2, 0.25) is 10.8 Å². The van der Waals surface area contributed by atoms with E-state index in [2.05, 4.69) is 0 Å². The number of hydrogen-bond acceptors (Lipinski definition) is 4. The first-order chi connectivity index (χ1) is 3.81. The molecule has 0 aliphatic carbocycles. The van der Waals surface area contributed by atoms with Gasteiger partial charge in [-0.1, -0.05) is 0 Å². The van der Waals surface area contributed by atoms with Gasteiger partial charge < -0.3 is 5.53 Å². The molecule has 0 rings (SSSR count). The Balaban J connectivity index is 3.41. The summed E-state index contributed by atoms with van der Waals surface area (Å²) >= 11 is 0.981. The zero-order chi connectivity index (χ0) is 6.41. The van der Waals surface area contributed by atoms with Crippen molar-refractivity contribution in [2.45, 2.75) is 0 Å². The molecular formula is C2N4S2. The quantitative estimate of drug-likeness (QED) is 0.253. The maximum absolute atomic E-state index is 8.36. The first-order valence-corrected chi connectivity index (χ1v) is 2.97. The smallest absolute Gasteiger partial charge is 0.284 e. The SMILES string of the molecule is N#CS[N+](=[N-])SC#N. The van der Waals surface area contributed by atoms with E-state index in [-0.39, 0.29) is 0 Å². The molecule has 0 saturated heterocycles. The molecule has 0 heterocycles. The minimum Gasteiger partial charge on any atom is -0.474 e. The predicted octanol–water partition coefficient (Wildman–Crippen LogP) is 1.28. The van der Waals surface area contributed by atoms with Gasteiger partial charge in [-0.15, -0.1) is 0 Å². The summed E-state index contributed by atoms with van der Waals surface area (Å²) in [4.78, 5) is 0. The summed E-state index contributed by atoms with van der Waals surface area (Å²) in [6.07, 6.45) is 0. The molecule has 40 valence electrons. The molecule has 0 aliphatic heterocycles. The minimum atomic E-state index is 0.472. The molecule has 0 amide bonds. The van der Waals surface area contributed by atoms with E-state index in [0.717, 1.165) is 0 Å². The average Bonchev–Trinajstić information content (AvgIpc) is 1.68. The lowest BCUT2D eigenvalue weighted by atomic mass is 11.8. The van der Waals surface area contributed by atoms with E-state index in [1.165, 1.54) is 0 Å². The van der Waals surface area contributed by atoms with Gasteiger partial charge in [0.25, 0.3) is 23.9 Å². The van der Waals surface area contributed by atoms with Crippen LogP contribution in [-0.2, 0) is 0 Å². The molecule has 0 aromatic heterocycles. The highest BCUT2D eigenvalue weighted by molar-refractivity contribution is 8.09. The Morgan fingerprint density at radius 3 is 1.88 bits per heavy atom. The molecule has 0 radical (unpaired) electrons. The summed E-state index contributed by atoms with van der Waals surface area (Å²) in [5.41, 5.74) is 8.36. The van der Waals surface area contributed by atoms with E-state index in [1.807, 2.05) is 0 Å². The monoisotopic (exact) mass is 144 g/mol. The normalized spacial score (nSPS) is 6.75. The van der Waals surface area contributed by atoms with Crippen molar-refractivity contribution < 1.29 is 3.51 Å². The van der Waals surface area contributed by atoms with E-state index >= 15 is 0 Å². The highest BCUT2D eigenvalue weighted by Crippen LogP contribution is 2.10. The first-order valence-electron chi connectivity index (χ1n) is 1.42. The van der Waals surface area contributed by atoms with E-state index in [9.17, 15) is 0 Å². The number of rotatable bonds is 2. The van der Waals surface area contributed by atoms with Gasteiger partial charge in [0.1, 0.15) is 0 Å². The number of nitrogens with zero attached hydrogens (tertiary/aromatic N) is 4. The fraction of sp³-hybridized carbons (Fsp3) is 0. The lowest BCUT2D eigenvalue weighted by Crippen LogP contribution is -1.74. The zero-order valence-corrected chi connectivity index (χ0v) is 5.24. The lowest BCUT2D eigenvalue weighted by molar-refractivity contribution is -0.149. The third-order valence-electron chi connectivity index (χ3n) is 0.238. The van der Waals surface area contributed by atoms with Crippen LogP contribution in [0.5, 0.6) is 0 Å². The molecule has 6 heteroatoms. The zero-order valence-electron chi connectivity index (χ0n) is 3.61. The van der Waals surface area contributed by atoms with E-state index < -0.39 is 0 Å². The maximum Gasteiger partial charge on any atom is 0.284 e. The van der Waals surface area contributed by atoms with E-state index in [1.54, 1.807) is 10.8 Å². The van der Waals surface area contributed by atoms with Crippen LogP contribution in [0.4, 0.5) is 0 Å². The average molecular weight is 144 g/mol. The molecule has 8 heavy (non-hydrogen) atoms. The molecule has 0 aromatic carbocycles. The second-order valence-electron chi connectivity index (χ2n) is 0.603. The molecule has 0 saturated carbocycles. The van der Waals surface area contributed by atoms with Crippen LogP contribution < -0.4 is 0 Å². The minimum absolute atomic E-state index is 0.472. The molecule has 0 unspecified atom stereocenters. The van der Waals surface area contributed by atoms with Crippen molar-refractivity contribution in [3.8, 4) is 10.8 Å². The lowest BCUT2D eigenvalue weighted by Gasteiger charge is -1.81. The van der Waals surface area contributed by atoms with Crippen molar-refractivity contribution in [3.63, 3.8) is 0 Å². The predicted molar refractivity (Wildman–Crippen MR) is 30.0 cm³/mol. The van der Waals surface area contributed by atoms with Crippen molar-refractivity contribution in [2.24, 2.45) is 0 Å². The Morgan fingerprint density at radius 1 is 1.25 bits per heavy atom. The van der Waals surface area contributed by atoms with Gasteiger partial charge in [-0.25, -0.2) is 0 Å². The van der Waals surface area contributed by atoms with Crippen LogP contribution >= 0.6 is 23.9 Å². The number of hydrogen-bond donors (Lipinski definition) is 0. The summed E-state index contributed by atoms with van der Waals surface area (Å²) in [5, 5.41) is 18.8. The van der Waals surface area contributed by atoms with Crippen molar-refractivity contribution in [1.29, 1.82) is 10.5 Å². The Kier molecular flexibility index (Phi) is 4.04. The van der Waals surface area contributed by atoms with Crippen molar-refractivity contribution in [2.75, 3.05) is 0 Å². The van der Waals surface area contributed by atoms with Crippen LogP contribution in [0.15, 0.2) is 0 Å². The number of nitriles is 2. The fourth-order valence-corrected chi connectivity index (χ4v) is 0.577. The first kappa shape index (κ1) is 7.28. The number of thiocyanates is 2. The Bertz CT molecular complexity index is 144. The molecular weight excluding hydrogens is 144 g/mol. The Labute approximate surface area is 54.9 Å². The van der Waals surface area contributed by atoms with Crippen LogP contribution in [0.1, 0.15) is 0 Å². The van der Waals surface area contributed by atoms with Gasteiger partial charge in [0.15, 0.2) is 0 Å². The van der Waals surface area contributed by atoms with Crippen LogP contribution in [0.2, 0.25) is 0 Å². The summed E-state index contributed by atoms with van der Waals surface area (Å²) < 4.78 is 0.472. The van der Waals surface area contributed by atoms with Gasteiger partial charge in [-0.2, -0.15) is 14.0 Å². The second kappa shape index (κ2) is 4.44. The van der Waals surface area contributed by atoms with Gasteiger partial charge in [-0.05, 0) is 0 Å². The van der Waals surface area contributed by atoms with Gasteiger partial charge in [0, 0.05) is 0 Å². The summed E-state index contributed by atoms with van der Waals surface area (Å²) in [6.45, 7) is 0. The third kappa shape index (κ3) is 3.47. The van der Waals surface area contributed by atoms with Crippen LogP contribution in [0.3, 0.4) is 0 Å². The van der Waals surface area contributed by atoms with Crippen molar-refractivity contribution in [1.82, 2.24) is 0 Å². The topological polar surface area (TPSA) is 72.9 Å². The highest BCUT2D eigenvalue weighted by atomic mass is 32.2. The summed E-state index contributed by atoms with van der Waals surface area (Å²) in [6, 6.07) is 0. The third-order valence-corrected chi connectivity index (χ3v) is 1.16. The van der Waals surface area contributed by atoms with Crippen LogP contribution in [0.25, 0.3) is 5.53 Å². The van der Waals surface area contributed by atoms with Gasteiger partial charge in [0.05, 0.1) is 0 Å². The summed E-state index contributed by atoms with van der Waals surface area (Å²) in [5.74, 6) is 0. The Morgan fingerprint density at radius 2 is 1.62 bits per heavy atom. The van der Waals surface area contributed by atoms with Crippen LogP contribution in [-0.4, -0.2) is 3.51 Å². The van der Waals surface area contributed by atoms with Gasteiger partial charge in [-0.3, -0.25) is 0 Å². The molecule has 0 atom stereocenters. The highest BCUT2D eigenvalue weighted by Gasteiger charge is 1.96.